The Morgan fingerprint density at radius 1 is 1.26 bits per heavy atom. The molecule has 5 nitrogen and oxygen atoms in total. The summed E-state index contributed by atoms with van der Waals surface area (Å²) in [5.74, 6) is -0.233. The van der Waals surface area contributed by atoms with Crippen molar-refractivity contribution in [3.05, 3.63) is 27.7 Å². The van der Waals surface area contributed by atoms with Gasteiger partial charge in [0, 0.05) is 11.5 Å². The van der Waals surface area contributed by atoms with E-state index in [0.29, 0.717) is 0 Å². The molecule has 0 aromatic heterocycles. The Labute approximate surface area is 120 Å². The molecule has 6 heteroatoms. The van der Waals surface area contributed by atoms with Crippen molar-refractivity contribution in [2.45, 2.75) is 19.3 Å². The van der Waals surface area contributed by atoms with Crippen molar-refractivity contribution in [1.82, 2.24) is 10.6 Å². The lowest BCUT2D eigenvalue weighted by atomic mass is 10.1. The summed E-state index contributed by atoms with van der Waals surface area (Å²) in [5.41, 5.74) is 3.35. The maximum absolute atomic E-state index is 11.7. The Hall–Kier alpha value is -1.56. The first-order valence-electron chi connectivity index (χ1n) is 6.17. The molecule has 1 aromatic carbocycles. The van der Waals surface area contributed by atoms with Crippen LogP contribution >= 0.6 is 15.9 Å². The molecule has 19 heavy (non-hydrogen) atoms. The molecule has 0 heterocycles. The van der Waals surface area contributed by atoms with Gasteiger partial charge in [-0.3, -0.25) is 4.79 Å². The lowest BCUT2D eigenvalue weighted by Gasteiger charge is -2.11. The monoisotopic (exact) mass is 325 g/mol. The van der Waals surface area contributed by atoms with Crippen molar-refractivity contribution < 1.29 is 9.59 Å². The Balaban J connectivity index is 1.99. The molecule has 1 aliphatic rings. The number of carbonyl (C=O) groups is 2. The molecule has 0 spiro atoms. The number of nitrogens with one attached hydrogen (secondary N) is 3. The molecule has 0 aliphatic heterocycles. The summed E-state index contributed by atoms with van der Waals surface area (Å²) in [4.78, 5) is 22.7. The van der Waals surface area contributed by atoms with E-state index in [4.69, 9.17) is 0 Å². The van der Waals surface area contributed by atoms with Gasteiger partial charge >= 0.3 is 6.03 Å². The van der Waals surface area contributed by atoms with Gasteiger partial charge in [0.1, 0.15) is 0 Å². The van der Waals surface area contributed by atoms with Crippen molar-refractivity contribution in [3.8, 4) is 0 Å². The van der Waals surface area contributed by atoms with Crippen LogP contribution in [-0.4, -0.2) is 25.5 Å². The third kappa shape index (κ3) is 3.47. The first-order valence-corrected chi connectivity index (χ1v) is 6.96. The highest BCUT2D eigenvalue weighted by Crippen LogP contribution is 2.31. The van der Waals surface area contributed by atoms with Crippen molar-refractivity contribution in [2.24, 2.45) is 0 Å². The van der Waals surface area contributed by atoms with Gasteiger partial charge in [-0.1, -0.05) is 0 Å². The zero-order chi connectivity index (χ0) is 13.8. The van der Waals surface area contributed by atoms with Crippen LogP contribution in [0.1, 0.15) is 17.5 Å². The van der Waals surface area contributed by atoms with Crippen LogP contribution in [-0.2, 0) is 17.6 Å². The molecule has 0 fully saturated rings. The molecule has 0 saturated heterocycles. The van der Waals surface area contributed by atoms with Crippen LogP contribution in [0.15, 0.2) is 16.6 Å². The summed E-state index contributed by atoms with van der Waals surface area (Å²) in [5, 5.41) is 7.68. The molecule has 0 bridgehead atoms. The Kier molecular flexibility index (Phi) is 4.42. The normalized spacial score (nSPS) is 12.7. The van der Waals surface area contributed by atoms with Crippen LogP contribution in [0.4, 0.5) is 10.5 Å². The van der Waals surface area contributed by atoms with E-state index in [-0.39, 0.29) is 18.5 Å². The number of urea groups is 1. The minimum absolute atomic E-state index is 0.0368. The highest BCUT2D eigenvalue weighted by molar-refractivity contribution is 9.10. The van der Waals surface area contributed by atoms with Crippen LogP contribution < -0.4 is 16.0 Å². The van der Waals surface area contributed by atoms with Gasteiger partial charge in [0.15, 0.2) is 0 Å². The summed E-state index contributed by atoms with van der Waals surface area (Å²) < 4.78 is 0.864. The van der Waals surface area contributed by atoms with Crippen LogP contribution in [0.2, 0.25) is 0 Å². The first-order chi connectivity index (χ1) is 9.10. The predicted molar refractivity (Wildman–Crippen MR) is 77.3 cm³/mol. The molecule has 1 aliphatic carbocycles. The fourth-order valence-corrected chi connectivity index (χ4v) is 2.60. The summed E-state index contributed by atoms with van der Waals surface area (Å²) in [6.45, 7) is -0.0368. The number of fused-ring (bicyclic) bond motifs is 1. The Bertz CT molecular complexity index is 517. The fourth-order valence-electron chi connectivity index (χ4n) is 2.11. The topological polar surface area (TPSA) is 70.2 Å². The number of aryl methyl sites for hydroxylation is 2. The molecule has 0 unspecified atom stereocenters. The smallest absolute Gasteiger partial charge is 0.319 e. The fraction of sp³-hybridized carbons (Fsp3) is 0.385. The maximum atomic E-state index is 11.7. The highest BCUT2D eigenvalue weighted by atomic mass is 79.9. The lowest BCUT2D eigenvalue weighted by molar-refractivity contribution is -0.119. The number of halogens is 1. The standard InChI is InChI=1S/C13H16BrN3O2/c1-15-12(18)7-16-13(19)17-11-6-9-4-2-3-8(9)5-10(11)14/h5-6H,2-4,7H2,1H3,(H,15,18)(H2,16,17,19). The number of hydrogen-bond acceptors (Lipinski definition) is 2. The van der Waals surface area contributed by atoms with E-state index < -0.39 is 0 Å². The summed E-state index contributed by atoms with van der Waals surface area (Å²) in [7, 11) is 1.53. The van der Waals surface area contributed by atoms with E-state index in [1.165, 1.54) is 18.2 Å². The highest BCUT2D eigenvalue weighted by Gasteiger charge is 2.15. The molecule has 0 saturated carbocycles. The second-order valence-electron chi connectivity index (χ2n) is 4.44. The predicted octanol–water partition coefficient (Wildman–Crippen LogP) is 1.81. The Morgan fingerprint density at radius 2 is 1.95 bits per heavy atom. The third-order valence-corrected chi connectivity index (χ3v) is 3.77. The van der Waals surface area contributed by atoms with Gasteiger partial charge < -0.3 is 16.0 Å². The molecule has 3 N–H and O–H groups in total. The molecule has 0 radical (unpaired) electrons. The minimum atomic E-state index is -0.387. The second kappa shape index (κ2) is 6.06. The third-order valence-electron chi connectivity index (χ3n) is 3.12. The Morgan fingerprint density at radius 3 is 2.63 bits per heavy atom. The van der Waals surface area contributed by atoms with Gasteiger partial charge in [0.05, 0.1) is 12.2 Å². The molecule has 102 valence electrons. The van der Waals surface area contributed by atoms with Crippen molar-refractivity contribution in [3.63, 3.8) is 0 Å². The van der Waals surface area contributed by atoms with Gasteiger partial charge in [0.25, 0.3) is 0 Å². The molecule has 0 atom stereocenters. The number of benzene rings is 1. The van der Waals surface area contributed by atoms with Gasteiger partial charge in [-0.15, -0.1) is 0 Å². The molecule has 2 rings (SSSR count). The SMILES string of the molecule is CNC(=O)CNC(=O)Nc1cc2c(cc1Br)CCC2. The van der Waals surface area contributed by atoms with Gasteiger partial charge in [-0.05, 0) is 58.5 Å². The van der Waals surface area contributed by atoms with Crippen LogP contribution in [0.3, 0.4) is 0 Å². The quantitative estimate of drug-likeness (QED) is 0.793. The van der Waals surface area contributed by atoms with E-state index in [1.54, 1.807) is 0 Å². The molecule has 1 aromatic rings. The number of rotatable bonds is 3. The van der Waals surface area contributed by atoms with Gasteiger partial charge in [0.2, 0.25) is 5.91 Å². The van der Waals surface area contributed by atoms with E-state index in [2.05, 4.69) is 37.9 Å². The molecular formula is C13H16BrN3O2. The van der Waals surface area contributed by atoms with Gasteiger partial charge in [-0.2, -0.15) is 0 Å². The molecule has 3 amide bonds. The van der Waals surface area contributed by atoms with Crippen LogP contribution in [0.25, 0.3) is 0 Å². The number of hydrogen-bond donors (Lipinski definition) is 3. The molecular weight excluding hydrogens is 310 g/mol. The van der Waals surface area contributed by atoms with Gasteiger partial charge in [-0.25, -0.2) is 4.79 Å². The number of anilines is 1. The number of carbonyl (C=O) groups excluding carboxylic acids is 2. The van der Waals surface area contributed by atoms with Crippen molar-refractivity contribution >= 4 is 33.6 Å². The number of likely N-dealkylation sites (N-methyl/N-ethyl adjacent to an activating group) is 1. The second-order valence-corrected chi connectivity index (χ2v) is 5.29. The van der Waals surface area contributed by atoms with E-state index in [1.807, 2.05) is 6.07 Å². The zero-order valence-corrected chi connectivity index (χ0v) is 12.3. The number of amides is 3. The first kappa shape index (κ1) is 13.9. The van der Waals surface area contributed by atoms with E-state index >= 15 is 0 Å². The average Bonchev–Trinajstić information content (AvgIpc) is 2.83. The maximum Gasteiger partial charge on any atom is 0.319 e. The zero-order valence-electron chi connectivity index (χ0n) is 10.7. The average molecular weight is 326 g/mol. The van der Waals surface area contributed by atoms with Crippen molar-refractivity contribution in [1.29, 1.82) is 0 Å². The summed E-state index contributed by atoms with van der Waals surface area (Å²) in [6.07, 6.45) is 3.31. The minimum Gasteiger partial charge on any atom is -0.358 e. The summed E-state index contributed by atoms with van der Waals surface area (Å²) >= 11 is 3.45. The largest absolute Gasteiger partial charge is 0.358 e. The lowest BCUT2D eigenvalue weighted by Crippen LogP contribution is -2.37. The van der Waals surface area contributed by atoms with E-state index in [9.17, 15) is 9.59 Å². The summed E-state index contributed by atoms with van der Waals surface area (Å²) in [6, 6.07) is 3.66. The van der Waals surface area contributed by atoms with Crippen LogP contribution in [0, 0.1) is 0 Å². The van der Waals surface area contributed by atoms with Crippen molar-refractivity contribution in [2.75, 3.05) is 18.9 Å². The van der Waals surface area contributed by atoms with Crippen LogP contribution in [0.5, 0.6) is 0 Å². The van der Waals surface area contributed by atoms with E-state index in [0.717, 1.165) is 29.4 Å².